The van der Waals surface area contributed by atoms with Gasteiger partial charge in [0.1, 0.15) is 24.2 Å². The van der Waals surface area contributed by atoms with Crippen LogP contribution in [0.25, 0.3) is 0 Å². The number of aliphatic hydroxyl groups is 1. The quantitative estimate of drug-likeness (QED) is 0.906. The molecule has 1 unspecified atom stereocenters. The van der Waals surface area contributed by atoms with Gasteiger partial charge >= 0.3 is 0 Å². The number of rotatable bonds is 5. The molecule has 102 valence electrons. The second-order valence-corrected chi connectivity index (χ2v) is 4.24. The maximum atomic E-state index is 10.1. The Morgan fingerprint density at radius 2 is 1.90 bits per heavy atom. The summed E-state index contributed by atoms with van der Waals surface area (Å²) in [7, 11) is 1.58. The van der Waals surface area contributed by atoms with E-state index in [9.17, 15) is 5.11 Å². The van der Waals surface area contributed by atoms with Gasteiger partial charge in [0, 0.05) is 0 Å². The van der Waals surface area contributed by atoms with Crippen LogP contribution in [0.3, 0.4) is 0 Å². The van der Waals surface area contributed by atoms with E-state index in [0.717, 1.165) is 5.56 Å². The van der Waals surface area contributed by atoms with Crippen LogP contribution in [-0.4, -0.2) is 18.8 Å². The van der Waals surface area contributed by atoms with Crippen molar-refractivity contribution in [2.45, 2.75) is 6.10 Å². The molecule has 0 spiro atoms. The molecule has 20 heavy (non-hydrogen) atoms. The van der Waals surface area contributed by atoms with Crippen molar-refractivity contribution in [1.29, 1.82) is 5.26 Å². The van der Waals surface area contributed by atoms with Gasteiger partial charge in [-0.15, -0.1) is 0 Å². The van der Waals surface area contributed by atoms with Crippen molar-refractivity contribution in [2.75, 3.05) is 13.7 Å². The molecule has 0 aliphatic carbocycles. The molecule has 0 radical (unpaired) electrons. The largest absolute Gasteiger partial charge is 0.497 e. The average molecular weight is 269 g/mol. The fourth-order valence-electron chi connectivity index (χ4n) is 1.78. The van der Waals surface area contributed by atoms with Crippen molar-refractivity contribution in [1.82, 2.24) is 0 Å². The summed E-state index contributed by atoms with van der Waals surface area (Å²) in [6, 6.07) is 16.1. The van der Waals surface area contributed by atoms with Crippen LogP contribution in [0.2, 0.25) is 0 Å². The van der Waals surface area contributed by atoms with Gasteiger partial charge in [0.15, 0.2) is 0 Å². The van der Waals surface area contributed by atoms with Gasteiger partial charge in [-0.2, -0.15) is 5.26 Å². The molecule has 0 aliphatic rings. The molecule has 0 saturated heterocycles. The van der Waals surface area contributed by atoms with Crippen LogP contribution in [0.15, 0.2) is 48.5 Å². The first-order valence-corrected chi connectivity index (χ1v) is 6.18. The van der Waals surface area contributed by atoms with Crippen molar-refractivity contribution >= 4 is 0 Å². The standard InChI is InChI=1S/C16H15NO3/c1-19-14-6-3-5-13(9-14)16(18)11-20-15-7-2-4-12(8-15)10-17/h2-9,16,18H,11H2,1H3. The lowest BCUT2D eigenvalue weighted by atomic mass is 10.1. The molecule has 0 saturated carbocycles. The van der Waals surface area contributed by atoms with Crippen molar-refractivity contribution in [3.8, 4) is 17.6 Å². The highest BCUT2D eigenvalue weighted by Gasteiger charge is 2.09. The highest BCUT2D eigenvalue weighted by Crippen LogP contribution is 2.20. The SMILES string of the molecule is COc1cccc(C(O)COc2cccc(C#N)c2)c1. The van der Waals surface area contributed by atoms with E-state index in [1.54, 1.807) is 37.4 Å². The van der Waals surface area contributed by atoms with Crippen molar-refractivity contribution < 1.29 is 14.6 Å². The molecule has 2 aromatic carbocycles. The molecule has 1 atom stereocenters. The first kappa shape index (κ1) is 13.9. The first-order valence-electron chi connectivity index (χ1n) is 6.18. The number of ether oxygens (including phenoxy) is 2. The minimum absolute atomic E-state index is 0.113. The maximum Gasteiger partial charge on any atom is 0.120 e. The molecule has 0 bridgehead atoms. The number of nitriles is 1. The highest BCUT2D eigenvalue weighted by molar-refractivity contribution is 5.36. The molecule has 0 aliphatic heterocycles. The number of hydrogen-bond acceptors (Lipinski definition) is 4. The first-order chi connectivity index (χ1) is 9.72. The Morgan fingerprint density at radius 1 is 1.15 bits per heavy atom. The Morgan fingerprint density at radius 3 is 2.65 bits per heavy atom. The molecular weight excluding hydrogens is 254 g/mol. The third kappa shape index (κ3) is 3.50. The van der Waals surface area contributed by atoms with E-state index in [-0.39, 0.29) is 6.61 Å². The summed E-state index contributed by atoms with van der Waals surface area (Å²) in [5.41, 5.74) is 1.25. The normalized spacial score (nSPS) is 11.4. The third-order valence-electron chi connectivity index (χ3n) is 2.85. The zero-order chi connectivity index (χ0) is 14.4. The van der Waals surface area contributed by atoms with E-state index in [2.05, 4.69) is 0 Å². The van der Waals surface area contributed by atoms with Gasteiger partial charge in [0.25, 0.3) is 0 Å². The summed E-state index contributed by atoms with van der Waals surface area (Å²) in [6.07, 6.45) is -0.754. The molecule has 4 heteroatoms. The van der Waals surface area contributed by atoms with Gasteiger partial charge < -0.3 is 14.6 Å². The van der Waals surface area contributed by atoms with Crippen LogP contribution in [0.5, 0.6) is 11.5 Å². The lowest BCUT2D eigenvalue weighted by Crippen LogP contribution is -2.09. The number of methoxy groups -OCH3 is 1. The fourth-order valence-corrected chi connectivity index (χ4v) is 1.78. The minimum Gasteiger partial charge on any atom is -0.497 e. The molecule has 1 N–H and O–H groups in total. The van der Waals surface area contributed by atoms with Gasteiger partial charge in [-0.1, -0.05) is 18.2 Å². The van der Waals surface area contributed by atoms with Gasteiger partial charge in [-0.3, -0.25) is 0 Å². The van der Waals surface area contributed by atoms with Crippen LogP contribution in [0.1, 0.15) is 17.2 Å². The predicted octanol–water partition coefficient (Wildman–Crippen LogP) is 2.68. The predicted molar refractivity (Wildman–Crippen MR) is 74.6 cm³/mol. The minimum atomic E-state index is -0.754. The summed E-state index contributed by atoms with van der Waals surface area (Å²) in [5.74, 6) is 1.25. The Kier molecular flexibility index (Phi) is 4.59. The van der Waals surface area contributed by atoms with Crippen LogP contribution < -0.4 is 9.47 Å². The molecule has 0 fully saturated rings. The summed E-state index contributed by atoms with van der Waals surface area (Å²) in [5, 5.41) is 18.9. The fraction of sp³-hybridized carbons (Fsp3) is 0.188. The van der Waals surface area contributed by atoms with Crippen LogP contribution >= 0.6 is 0 Å². The number of aliphatic hydroxyl groups excluding tert-OH is 1. The summed E-state index contributed by atoms with van der Waals surface area (Å²) < 4.78 is 10.6. The number of hydrogen-bond donors (Lipinski definition) is 1. The second kappa shape index (κ2) is 6.60. The lowest BCUT2D eigenvalue weighted by molar-refractivity contribution is 0.108. The number of nitrogens with zero attached hydrogens (tertiary/aromatic N) is 1. The summed E-state index contributed by atoms with van der Waals surface area (Å²) in [6.45, 7) is 0.113. The van der Waals surface area contributed by atoms with Crippen LogP contribution in [0.4, 0.5) is 0 Å². The molecular formula is C16H15NO3. The number of benzene rings is 2. The summed E-state index contributed by atoms with van der Waals surface area (Å²) >= 11 is 0. The Labute approximate surface area is 117 Å². The molecule has 0 amide bonds. The molecule has 2 rings (SSSR count). The second-order valence-electron chi connectivity index (χ2n) is 4.24. The molecule has 2 aromatic rings. The zero-order valence-corrected chi connectivity index (χ0v) is 11.1. The van der Waals surface area contributed by atoms with Crippen molar-refractivity contribution in [3.63, 3.8) is 0 Å². The van der Waals surface area contributed by atoms with E-state index in [1.807, 2.05) is 24.3 Å². The molecule has 4 nitrogen and oxygen atoms in total. The van der Waals surface area contributed by atoms with E-state index in [4.69, 9.17) is 14.7 Å². The topological polar surface area (TPSA) is 62.5 Å². The van der Waals surface area contributed by atoms with Crippen molar-refractivity contribution in [2.24, 2.45) is 0 Å². The van der Waals surface area contributed by atoms with Gasteiger partial charge in [-0.25, -0.2) is 0 Å². The van der Waals surface area contributed by atoms with E-state index >= 15 is 0 Å². The van der Waals surface area contributed by atoms with E-state index < -0.39 is 6.10 Å². The molecule has 0 aromatic heterocycles. The zero-order valence-electron chi connectivity index (χ0n) is 11.1. The third-order valence-corrected chi connectivity index (χ3v) is 2.85. The van der Waals surface area contributed by atoms with Crippen LogP contribution in [0, 0.1) is 11.3 Å². The maximum absolute atomic E-state index is 10.1. The monoisotopic (exact) mass is 269 g/mol. The lowest BCUT2D eigenvalue weighted by Gasteiger charge is -2.13. The van der Waals surface area contributed by atoms with Crippen LogP contribution in [-0.2, 0) is 0 Å². The smallest absolute Gasteiger partial charge is 0.120 e. The Bertz CT molecular complexity index is 619. The molecule has 0 heterocycles. The van der Waals surface area contributed by atoms with Gasteiger partial charge in [0.2, 0.25) is 0 Å². The Hall–Kier alpha value is -2.51. The van der Waals surface area contributed by atoms with Gasteiger partial charge in [-0.05, 0) is 35.9 Å². The van der Waals surface area contributed by atoms with E-state index in [0.29, 0.717) is 17.1 Å². The Balaban J connectivity index is 2.00. The van der Waals surface area contributed by atoms with Crippen molar-refractivity contribution in [3.05, 3.63) is 59.7 Å². The average Bonchev–Trinajstić information content (AvgIpc) is 2.52. The summed E-state index contributed by atoms with van der Waals surface area (Å²) in [4.78, 5) is 0. The highest BCUT2D eigenvalue weighted by atomic mass is 16.5. The van der Waals surface area contributed by atoms with E-state index in [1.165, 1.54) is 0 Å². The van der Waals surface area contributed by atoms with Gasteiger partial charge in [0.05, 0.1) is 18.7 Å².